The Labute approximate surface area is 166 Å². The highest BCUT2D eigenvalue weighted by Crippen LogP contribution is 2.46. The minimum Gasteiger partial charge on any atom is -0.493 e. The summed E-state index contributed by atoms with van der Waals surface area (Å²) in [7, 11) is 0. The minimum atomic E-state index is -0.408. The second-order valence-electron chi connectivity index (χ2n) is 7.20. The van der Waals surface area contributed by atoms with Crippen LogP contribution in [0, 0.1) is 5.92 Å². The van der Waals surface area contributed by atoms with Crippen LogP contribution in [-0.4, -0.2) is 30.7 Å². The number of esters is 1. The predicted molar refractivity (Wildman–Crippen MR) is 109 cm³/mol. The van der Waals surface area contributed by atoms with Gasteiger partial charge in [0.2, 0.25) is 0 Å². The van der Waals surface area contributed by atoms with Gasteiger partial charge in [-0.1, -0.05) is 32.0 Å². The summed E-state index contributed by atoms with van der Waals surface area (Å²) in [6.07, 6.45) is 3.64. The molecule has 28 heavy (non-hydrogen) atoms. The maximum Gasteiger partial charge on any atom is 0.336 e. The van der Waals surface area contributed by atoms with Gasteiger partial charge in [-0.25, -0.2) is 4.79 Å². The monoisotopic (exact) mass is 383 g/mol. The molecule has 0 amide bonds. The summed E-state index contributed by atoms with van der Waals surface area (Å²) in [6.45, 7) is 6.70. The van der Waals surface area contributed by atoms with Crippen molar-refractivity contribution in [2.45, 2.75) is 58.8 Å². The van der Waals surface area contributed by atoms with E-state index in [9.17, 15) is 9.59 Å². The first kappa shape index (κ1) is 20.3. The summed E-state index contributed by atoms with van der Waals surface area (Å²) < 4.78 is 11.4. The van der Waals surface area contributed by atoms with E-state index in [1.54, 1.807) is 6.92 Å². The Morgan fingerprint density at radius 3 is 2.64 bits per heavy atom. The molecule has 2 aliphatic rings. The Morgan fingerprint density at radius 2 is 1.93 bits per heavy atom. The number of allylic oxidation sites excluding steroid dienone is 1. The lowest BCUT2D eigenvalue weighted by molar-refractivity contribution is -0.139. The summed E-state index contributed by atoms with van der Waals surface area (Å²) >= 11 is 0. The number of para-hydroxylation sites is 1. The van der Waals surface area contributed by atoms with Gasteiger partial charge in [-0.15, -0.1) is 0 Å². The second-order valence-corrected chi connectivity index (χ2v) is 7.20. The van der Waals surface area contributed by atoms with Crippen molar-refractivity contribution in [1.29, 1.82) is 0 Å². The Bertz CT molecular complexity index is 809. The number of hydrogen-bond acceptors (Lipinski definition) is 5. The number of rotatable bonds is 7. The van der Waals surface area contributed by atoms with Crippen LogP contribution in [0.25, 0.3) is 0 Å². The van der Waals surface area contributed by atoms with Gasteiger partial charge < -0.3 is 9.47 Å². The number of carbonyl (C=O) groups is 2. The molecule has 0 aromatic heterocycles. The predicted octanol–water partition coefficient (Wildman–Crippen LogP) is 4.61. The molecule has 2 atom stereocenters. The van der Waals surface area contributed by atoms with E-state index in [0.29, 0.717) is 25.0 Å². The van der Waals surface area contributed by atoms with E-state index in [2.05, 4.69) is 6.92 Å². The molecule has 1 aromatic carbocycles. The smallest absolute Gasteiger partial charge is 0.336 e. The number of aliphatic imine (C=N–C) groups is 1. The lowest BCUT2D eigenvalue weighted by atomic mass is 9.69. The van der Waals surface area contributed by atoms with Crippen molar-refractivity contribution in [3.05, 3.63) is 41.1 Å². The zero-order valence-electron chi connectivity index (χ0n) is 17.0. The molecule has 5 heteroatoms. The van der Waals surface area contributed by atoms with Crippen molar-refractivity contribution in [3.8, 4) is 5.75 Å². The van der Waals surface area contributed by atoms with E-state index in [-0.39, 0.29) is 18.4 Å². The quantitative estimate of drug-likeness (QED) is 0.645. The lowest BCUT2D eigenvalue weighted by Crippen LogP contribution is -2.39. The third-order valence-corrected chi connectivity index (χ3v) is 5.34. The van der Waals surface area contributed by atoms with Gasteiger partial charge in [0.25, 0.3) is 0 Å². The summed E-state index contributed by atoms with van der Waals surface area (Å²) in [5, 5.41) is 0. The van der Waals surface area contributed by atoms with Gasteiger partial charge in [0.1, 0.15) is 11.5 Å². The van der Waals surface area contributed by atoms with E-state index in [0.717, 1.165) is 42.0 Å². The summed E-state index contributed by atoms with van der Waals surface area (Å²) in [5.74, 6) is -0.309. The molecule has 1 aromatic rings. The number of benzene rings is 1. The van der Waals surface area contributed by atoms with Crippen LogP contribution in [0.3, 0.4) is 0 Å². The summed E-state index contributed by atoms with van der Waals surface area (Å²) in [4.78, 5) is 30.7. The largest absolute Gasteiger partial charge is 0.493 e. The fraction of sp³-hybridized carbons (Fsp3) is 0.522. The van der Waals surface area contributed by atoms with Crippen molar-refractivity contribution < 1.29 is 19.1 Å². The van der Waals surface area contributed by atoms with Crippen LogP contribution in [0.15, 0.2) is 40.5 Å². The minimum absolute atomic E-state index is 0.150. The molecule has 1 fully saturated rings. The highest BCUT2D eigenvalue weighted by atomic mass is 16.5. The molecule has 0 spiro atoms. The molecule has 1 heterocycles. The molecule has 5 nitrogen and oxygen atoms in total. The Hall–Kier alpha value is -2.43. The first-order valence-corrected chi connectivity index (χ1v) is 10.3. The van der Waals surface area contributed by atoms with E-state index >= 15 is 0 Å². The number of Topliss-reactive ketones (excluding diaryl/α,β-unsaturated/α-hetero) is 1. The van der Waals surface area contributed by atoms with E-state index in [4.69, 9.17) is 14.5 Å². The Kier molecular flexibility index (Phi) is 6.65. The van der Waals surface area contributed by atoms with Crippen molar-refractivity contribution in [3.63, 3.8) is 0 Å². The second kappa shape index (κ2) is 9.18. The van der Waals surface area contributed by atoms with Crippen molar-refractivity contribution >= 4 is 17.5 Å². The van der Waals surface area contributed by atoms with Gasteiger partial charge in [-0.3, -0.25) is 9.79 Å². The summed E-state index contributed by atoms with van der Waals surface area (Å²) in [5.41, 5.74) is 3.02. The number of carbonyl (C=O) groups excluding carboxylic acids is 2. The fourth-order valence-electron chi connectivity index (χ4n) is 4.16. The topological polar surface area (TPSA) is 65.0 Å². The van der Waals surface area contributed by atoms with E-state index in [1.165, 1.54) is 0 Å². The zero-order chi connectivity index (χ0) is 20.1. The standard InChI is InChI=1S/C23H29NO4/c1-4-14-28-19-13-8-7-10-15(19)20-21-17(11-9-12-18(21)25)24-16(5-2)22(20)23(26)27-6-3/h7-8,10,13,20-21H,4-6,9,11-12,14H2,1-3H3/t20-,21?/m0/s1. The van der Waals surface area contributed by atoms with E-state index < -0.39 is 11.8 Å². The number of ketones is 1. The molecule has 150 valence electrons. The van der Waals surface area contributed by atoms with Crippen molar-refractivity contribution in [2.24, 2.45) is 10.9 Å². The lowest BCUT2D eigenvalue weighted by Gasteiger charge is -2.36. The molecule has 3 rings (SSSR count). The molecule has 1 aliphatic carbocycles. The van der Waals surface area contributed by atoms with Crippen LogP contribution in [0.5, 0.6) is 5.75 Å². The molecule has 1 saturated carbocycles. The summed E-state index contributed by atoms with van der Waals surface area (Å²) in [6, 6.07) is 7.73. The number of hydrogen-bond donors (Lipinski definition) is 0. The van der Waals surface area contributed by atoms with Crippen LogP contribution in [-0.2, 0) is 14.3 Å². The average molecular weight is 383 g/mol. The molecule has 0 bridgehead atoms. The van der Waals surface area contributed by atoms with Gasteiger partial charge in [-0.05, 0) is 38.7 Å². The average Bonchev–Trinajstić information content (AvgIpc) is 2.71. The number of ether oxygens (including phenoxy) is 2. The number of fused-ring (bicyclic) bond motifs is 1. The Balaban J connectivity index is 2.18. The first-order valence-electron chi connectivity index (χ1n) is 10.3. The molecular weight excluding hydrogens is 354 g/mol. The van der Waals surface area contributed by atoms with Crippen LogP contribution in [0.2, 0.25) is 0 Å². The third-order valence-electron chi connectivity index (χ3n) is 5.34. The molecule has 0 radical (unpaired) electrons. The third kappa shape index (κ3) is 3.89. The van der Waals surface area contributed by atoms with Crippen molar-refractivity contribution in [1.82, 2.24) is 0 Å². The van der Waals surface area contributed by atoms with Crippen LogP contribution in [0.4, 0.5) is 0 Å². The van der Waals surface area contributed by atoms with Gasteiger partial charge in [0.15, 0.2) is 0 Å². The van der Waals surface area contributed by atoms with Gasteiger partial charge in [0.05, 0.1) is 30.4 Å². The first-order chi connectivity index (χ1) is 13.6. The highest BCUT2D eigenvalue weighted by molar-refractivity contribution is 6.11. The molecule has 1 aliphatic heterocycles. The van der Waals surface area contributed by atoms with Gasteiger partial charge >= 0.3 is 5.97 Å². The maximum atomic E-state index is 13.0. The highest BCUT2D eigenvalue weighted by Gasteiger charge is 2.45. The maximum absolute atomic E-state index is 13.0. The molecule has 0 N–H and O–H groups in total. The molecule has 1 unspecified atom stereocenters. The van der Waals surface area contributed by atoms with Crippen LogP contribution < -0.4 is 4.74 Å². The molecule has 0 saturated heterocycles. The molecular formula is C23H29NO4. The zero-order valence-corrected chi connectivity index (χ0v) is 17.0. The SMILES string of the molecule is CCCOc1ccccc1[C@@H]1C(C(=O)OCC)=C(CC)N=C2CCCC(=O)C21. The van der Waals surface area contributed by atoms with Crippen LogP contribution in [0.1, 0.15) is 64.4 Å². The normalized spacial score (nSPS) is 21.8. The van der Waals surface area contributed by atoms with Crippen LogP contribution >= 0.6 is 0 Å². The van der Waals surface area contributed by atoms with E-state index in [1.807, 2.05) is 31.2 Å². The van der Waals surface area contributed by atoms with Crippen molar-refractivity contribution in [2.75, 3.05) is 13.2 Å². The number of nitrogens with zero attached hydrogens (tertiary/aromatic N) is 1. The Morgan fingerprint density at radius 1 is 1.14 bits per heavy atom. The fourth-order valence-corrected chi connectivity index (χ4v) is 4.16. The van der Waals surface area contributed by atoms with Gasteiger partial charge in [0, 0.05) is 23.6 Å². The van der Waals surface area contributed by atoms with Gasteiger partial charge in [-0.2, -0.15) is 0 Å².